The minimum absolute atomic E-state index is 0.141. The molecule has 1 aliphatic rings. The number of sulfonamides is 1. The topological polar surface area (TPSA) is 101 Å². The first kappa shape index (κ1) is 23.7. The Morgan fingerprint density at radius 1 is 1.03 bits per heavy atom. The largest absolute Gasteiger partial charge is 0.493 e. The van der Waals surface area contributed by atoms with Gasteiger partial charge in [-0.05, 0) is 42.8 Å². The third-order valence-electron chi connectivity index (χ3n) is 5.17. The van der Waals surface area contributed by atoms with Crippen LogP contribution in [0.3, 0.4) is 0 Å². The molecule has 3 rings (SSSR count). The molecule has 172 valence electrons. The maximum absolute atomic E-state index is 12.8. The van der Waals surface area contributed by atoms with Gasteiger partial charge in [0.2, 0.25) is 10.0 Å². The minimum atomic E-state index is -3.52. The van der Waals surface area contributed by atoms with Crippen LogP contribution in [0, 0.1) is 6.92 Å². The van der Waals surface area contributed by atoms with Crippen molar-refractivity contribution in [2.75, 3.05) is 46.9 Å². The fourth-order valence-electron chi connectivity index (χ4n) is 3.34. The number of nitrogens with one attached hydrogen (secondary N) is 1. The van der Waals surface area contributed by atoms with Gasteiger partial charge >= 0.3 is 0 Å². The standard InChI is InChI=1S/C22H28N4O5S/c1-17-4-7-19(8-5-17)32(28,29)26-12-10-25(11-13-26)16-22(27)24-23-15-18-6-9-20(30-2)21(14-18)31-3/h4-9,14-15H,10-13,16H2,1-3H3,(H,24,27)/b23-15+. The molecule has 2 aromatic rings. The number of amides is 1. The van der Waals surface area contributed by atoms with E-state index in [0.29, 0.717) is 42.6 Å². The maximum atomic E-state index is 12.8. The van der Waals surface area contributed by atoms with Crippen LogP contribution in [0.1, 0.15) is 11.1 Å². The van der Waals surface area contributed by atoms with Crippen molar-refractivity contribution in [2.24, 2.45) is 5.10 Å². The van der Waals surface area contributed by atoms with Crippen molar-refractivity contribution in [1.82, 2.24) is 14.6 Å². The number of hydrazone groups is 1. The van der Waals surface area contributed by atoms with E-state index in [0.717, 1.165) is 11.1 Å². The number of rotatable bonds is 8. The van der Waals surface area contributed by atoms with Crippen LogP contribution in [-0.2, 0) is 14.8 Å². The predicted molar refractivity (Wildman–Crippen MR) is 122 cm³/mol. The number of ether oxygens (including phenoxy) is 2. The van der Waals surface area contributed by atoms with E-state index in [-0.39, 0.29) is 12.5 Å². The van der Waals surface area contributed by atoms with E-state index in [9.17, 15) is 13.2 Å². The normalized spacial score (nSPS) is 15.6. The van der Waals surface area contributed by atoms with Crippen molar-refractivity contribution in [1.29, 1.82) is 0 Å². The summed E-state index contributed by atoms with van der Waals surface area (Å²) >= 11 is 0. The van der Waals surface area contributed by atoms with Gasteiger partial charge < -0.3 is 9.47 Å². The molecular weight excluding hydrogens is 432 g/mol. The second-order valence-corrected chi connectivity index (χ2v) is 9.34. The fraction of sp³-hybridized carbons (Fsp3) is 0.364. The highest BCUT2D eigenvalue weighted by atomic mass is 32.2. The quantitative estimate of drug-likeness (QED) is 0.473. The number of methoxy groups -OCH3 is 2. The number of hydrogen-bond donors (Lipinski definition) is 1. The molecule has 1 saturated heterocycles. The number of nitrogens with zero attached hydrogens (tertiary/aromatic N) is 3. The summed E-state index contributed by atoms with van der Waals surface area (Å²) in [4.78, 5) is 14.4. The third-order valence-corrected chi connectivity index (χ3v) is 7.08. The first-order valence-electron chi connectivity index (χ1n) is 10.2. The van der Waals surface area contributed by atoms with Crippen LogP contribution >= 0.6 is 0 Å². The molecule has 0 unspecified atom stereocenters. The number of piperazine rings is 1. The molecule has 32 heavy (non-hydrogen) atoms. The second kappa shape index (κ2) is 10.6. The first-order valence-corrected chi connectivity index (χ1v) is 11.6. The van der Waals surface area contributed by atoms with Crippen molar-refractivity contribution in [2.45, 2.75) is 11.8 Å². The van der Waals surface area contributed by atoms with Crippen LogP contribution < -0.4 is 14.9 Å². The van der Waals surface area contributed by atoms with Crippen LogP contribution in [-0.4, -0.2) is 76.7 Å². The Morgan fingerprint density at radius 3 is 2.31 bits per heavy atom. The Morgan fingerprint density at radius 2 is 1.69 bits per heavy atom. The molecule has 1 aliphatic heterocycles. The average molecular weight is 461 g/mol. The molecule has 0 aliphatic carbocycles. The van der Waals surface area contributed by atoms with Crippen LogP contribution in [0.15, 0.2) is 52.5 Å². The second-order valence-electron chi connectivity index (χ2n) is 7.40. The van der Waals surface area contributed by atoms with E-state index >= 15 is 0 Å². The Hall–Kier alpha value is -2.95. The van der Waals surface area contributed by atoms with Gasteiger partial charge in [0.25, 0.3) is 5.91 Å². The van der Waals surface area contributed by atoms with E-state index in [1.807, 2.05) is 11.8 Å². The number of hydrogen-bond acceptors (Lipinski definition) is 7. The molecule has 0 radical (unpaired) electrons. The first-order chi connectivity index (χ1) is 15.3. The Kier molecular flexibility index (Phi) is 7.84. The highest BCUT2D eigenvalue weighted by molar-refractivity contribution is 7.89. The van der Waals surface area contributed by atoms with E-state index in [1.54, 1.807) is 56.7 Å². The Balaban J connectivity index is 1.48. The summed E-state index contributed by atoms with van der Waals surface area (Å²) in [6.07, 6.45) is 1.52. The minimum Gasteiger partial charge on any atom is -0.493 e. The van der Waals surface area contributed by atoms with Gasteiger partial charge in [-0.3, -0.25) is 9.69 Å². The summed E-state index contributed by atoms with van der Waals surface area (Å²) in [6, 6.07) is 12.1. The van der Waals surface area contributed by atoms with Gasteiger partial charge in [-0.25, -0.2) is 13.8 Å². The van der Waals surface area contributed by atoms with Gasteiger partial charge in [0.1, 0.15) is 0 Å². The molecular formula is C22H28N4O5S. The smallest absolute Gasteiger partial charge is 0.254 e. The summed E-state index contributed by atoms with van der Waals surface area (Å²) in [6.45, 7) is 3.66. The van der Waals surface area contributed by atoms with Gasteiger partial charge in [-0.2, -0.15) is 9.41 Å². The highest BCUT2D eigenvalue weighted by Gasteiger charge is 2.28. The van der Waals surface area contributed by atoms with Crippen LogP contribution in [0.4, 0.5) is 0 Å². The molecule has 2 aromatic carbocycles. The lowest BCUT2D eigenvalue weighted by Gasteiger charge is -2.33. The third kappa shape index (κ3) is 5.84. The summed E-state index contributed by atoms with van der Waals surface area (Å²) < 4.78 is 37.5. The maximum Gasteiger partial charge on any atom is 0.254 e. The van der Waals surface area contributed by atoms with Crippen LogP contribution in [0.5, 0.6) is 11.5 Å². The van der Waals surface area contributed by atoms with Gasteiger partial charge in [-0.1, -0.05) is 17.7 Å². The molecule has 0 saturated carbocycles. The van der Waals surface area contributed by atoms with Crippen molar-refractivity contribution in [3.63, 3.8) is 0 Å². The molecule has 9 nitrogen and oxygen atoms in total. The number of aryl methyl sites for hydroxylation is 1. The van der Waals surface area contributed by atoms with Crippen LogP contribution in [0.25, 0.3) is 0 Å². The van der Waals surface area contributed by atoms with Crippen molar-refractivity contribution in [3.05, 3.63) is 53.6 Å². The van der Waals surface area contributed by atoms with E-state index < -0.39 is 10.0 Å². The monoisotopic (exact) mass is 460 g/mol. The van der Waals surface area contributed by atoms with Gasteiger partial charge in [0.05, 0.1) is 31.9 Å². The molecule has 1 amide bonds. The average Bonchev–Trinajstić information content (AvgIpc) is 2.79. The number of carbonyl (C=O) groups excluding carboxylic acids is 1. The molecule has 1 fully saturated rings. The lowest BCUT2D eigenvalue weighted by atomic mass is 10.2. The zero-order valence-corrected chi connectivity index (χ0v) is 19.3. The van der Waals surface area contributed by atoms with E-state index in [4.69, 9.17) is 9.47 Å². The molecule has 1 N–H and O–H groups in total. The molecule has 0 spiro atoms. The SMILES string of the molecule is COc1ccc(/C=N/NC(=O)CN2CCN(S(=O)(=O)c3ccc(C)cc3)CC2)cc1OC. The molecule has 0 atom stereocenters. The lowest BCUT2D eigenvalue weighted by molar-refractivity contribution is -0.122. The number of carbonyl (C=O) groups is 1. The Labute approximate surface area is 188 Å². The van der Waals surface area contributed by atoms with Gasteiger partial charge in [-0.15, -0.1) is 0 Å². The van der Waals surface area contributed by atoms with Crippen molar-refractivity contribution in [3.8, 4) is 11.5 Å². The van der Waals surface area contributed by atoms with Gasteiger partial charge in [0.15, 0.2) is 11.5 Å². The Bertz CT molecular complexity index is 1060. The fourth-order valence-corrected chi connectivity index (χ4v) is 4.76. The molecule has 0 bridgehead atoms. The van der Waals surface area contributed by atoms with Crippen molar-refractivity contribution >= 4 is 22.1 Å². The summed E-state index contributed by atoms with van der Waals surface area (Å²) in [5.74, 6) is 0.912. The predicted octanol–water partition coefficient (Wildman–Crippen LogP) is 1.47. The van der Waals surface area contributed by atoms with Gasteiger partial charge in [0, 0.05) is 26.2 Å². The zero-order chi connectivity index (χ0) is 23.1. The lowest BCUT2D eigenvalue weighted by Crippen LogP contribution is -2.50. The molecule has 10 heteroatoms. The van der Waals surface area contributed by atoms with E-state index in [1.165, 1.54) is 10.5 Å². The van der Waals surface area contributed by atoms with Crippen molar-refractivity contribution < 1.29 is 22.7 Å². The summed E-state index contributed by atoms with van der Waals surface area (Å²) in [5, 5.41) is 3.99. The molecule has 1 heterocycles. The zero-order valence-electron chi connectivity index (χ0n) is 18.4. The van der Waals surface area contributed by atoms with E-state index in [2.05, 4.69) is 10.5 Å². The summed E-state index contributed by atoms with van der Waals surface area (Å²) in [7, 11) is -0.416. The van der Waals surface area contributed by atoms with Crippen LogP contribution in [0.2, 0.25) is 0 Å². The molecule has 0 aromatic heterocycles. The summed E-state index contributed by atoms with van der Waals surface area (Å²) in [5.41, 5.74) is 4.26. The number of benzene rings is 2. The highest BCUT2D eigenvalue weighted by Crippen LogP contribution is 2.26.